The first-order chi connectivity index (χ1) is 7.81. The Labute approximate surface area is 105 Å². The topological polar surface area (TPSA) is 28.4 Å². The highest BCUT2D eigenvalue weighted by Crippen LogP contribution is 2.21. The van der Waals surface area contributed by atoms with Gasteiger partial charge in [0.1, 0.15) is 5.76 Å². The van der Waals surface area contributed by atoms with Crippen LogP contribution >= 0.6 is 15.9 Å². The molecule has 0 saturated carbocycles. The van der Waals surface area contributed by atoms with Crippen LogP contribution < -0.4 is 5.32 Å². The first-order valence-electron chi connectivity index (χ1n) is 5.98. The van der Waals surface area contributed by atoms with Gasteiger partial charge < -0.3 is 9.73 Å². The van der Waals surface area contributed by atoms with Crippen molar-refractivity contribution in [2.24, 2.45) is 0 Å². The predicted molar refractivity (Wildman–Crippen MR) is 68.4 cm³/mol. The molecule has 2 heterocycles. The SMILES string of the molecule is CCCN(Cc1occc1Br)C1CCNC1. The molecule has 16 heavy (non-hydrogen) atoms. The van der Waals surface area contributed by atoms with Crippen LogP contribution in [-0.4, -0.2) is 30.6 Å². The summed E-state index contributed by atoms with van der Waals surface area (Å²) in [5.74, 6) is 1.04. The van der Waals surface area contributed by atoms with E-state index in [-0.39, 0.29) is 0 Å². The lowest BCUT2D eigenvalue weighted by molar-refractivity contribution is 0.184. The summed E-state index contributed by atoms with van der Waals surface area (Å²) in [4.78, 5) is 2.52. The van der Waals surface area contributed by atoms with Crippen LogP contribution in [0, 0.1) is 0 Å². The van der Waals surface area contributed by atoms with E-state index in [9.17, 15) is 0 Å². The third-order valence-corrected chi connectivity index (χ3v) is 3.81. The molecule has 0 bridgehead atoms. The van der Waals surface area contributed by atoms with Crippen molar-refractivity contribution in [1.29, 1.82) is 0 Å². The van der Waals surface area contributed by atoms with Crippen LogP contribution in [0.15, 0.2) is 21.2 Å². The van der Waals surface area contributed by atoms with Gasteiger partial charge in [0.15, 0.2) is 0 Å². The van der Waals surface area contributed by atoms with E-state index < -0.39 is 0 Å². The van der Waals surface area contributed by atoms with E-state index in [1.807, 2.05) is 6.07 Å². The highest BCUT2D eigenvalue weighted by atomic mass is 79.9. The second-order valence-corrected chi connectivity index (χ2v) is 5.16. The molecule has 3 nitrogen and oxygen atoms in total. The zero-order valence-electron chi connectivity index (χ0n) is 9.71. The van der Waals surface area contributed by atoms with Crippen molar-refractivity contribution in [2.75, 3.05) is 19.6 Å². The number of furan rings is 1. The average molecular weight is 287 g/mol. The van der Waals surface area contributed by atoms with Gasteiger partial charge in [-0.1, -0.05) is 6.92 Å². The molecule has 0 amide bonds. The van der Waals surface area contributed by atoms with Crippen molar-refractivity contribution >= 4 is 15.9 Å². The first-order valence-corrected chi connectivity index (χ1v) is 6.77. The van der Waals surface area contributed by atoms with Gasteiger partial charge >= 0.3 is 0 Å². The molecule has 1 aliphatic rings. The largest absolute Gasteiger partial charge is 0.467 e. The predicted octanol–water partition coefficient (Wildman–Crippen LogP) is 2.62. The van der Waals surface area contributed by atoms with Crippen LogP contribution in [-0.2, 0) is 6.54 Å². The van der Waals surface area contributed by atoms with Crippen LogP contribution in [0.5, 0.6) is 0 Å². The Hall–Kier alpha value is -0.320. The molecular formula is C12H19BrN2O. The number of halogens is 1. The Balaban J connectivity index is 1.99. The highest BCUT2D eigenvalue weighted by molar-refractivity contribution is 9.10. The van der Waals surface area contributed by atoms with E-state index in [0.717, 1.165) is 36.4 Å². The third-order valence-electron chi connectivity index (χ3n) is 3.10. The van der Waals surface area contributed by atoms with Crippen LogP contribution in [0.3, 0.4) is 0 Å². The third kappa shape index (κ3) is 2.87. The normalized spacial score (nSPS) is 20.8. The second-order valence-electron chi connectivity index (χ2n) is 4.31. The molecule has 0 spiro atoms. The lowest BCUT2D eigenvalue weighted by Crippen LogP contribution is -2.36. The quantitative estimate of drug-likeness (QED) is 0.902. The summed E-state index contributed by atoms with van der Waals surface area (Å²) in [7, 11) is 0. The zero-order chi connectivity index (χ0) is 11.4. The van der Waals surface area contributed by atoms with Gasteiger partial charge in [0.05, 0.1) is 17.3 Å². The molecule has 2 rings (SSSR count). The van der Waals surface area contributed by atoms with Gasteiger partial charge in [0.2, 0.25) is 0 Å². The Morgan fingerprint density at radius 3 is 3.06 bits per heavy atom. The monoisotopic (exact) mass is 286 g/mol. The number of nitrogens with one attached hydrogen (secondary N) is 1. The Morgan fingerprint density at radius 1 is 1.62 bits per heavy atom. The summed E-state index contributed by atoms with van der Waals surface area (Å²) in [6, 6.07) is 2.63. The lowest BCUT2D eigenvalue weighted by Gasteiger charge is -2.27. The summed E-state index contributed by atoms with van der Waals surface area (Å²) >= 11 is 3.52. The molecule has 4 heteroatoms. The fraction of sp³-hybridized carbons (Fsp3) is 0.667. The number of rotatable bonds is 5. The van der Waals surface area contributed by atoms with Crippen molar-refractivity contribution < 1.29 is 4.42 Å². The maximum Gasteiger partial charge on any atom is 0.131 e. The van der Waals surface area contributed by atoms with Gasteiger partial charge in [-0.2, -0.15) is 0 Å². The summed E-state index contributed by atoms with van der Waals surface area (Å²) in [6.07, 6.45) is 4.18. The summed E-state index contributed by atoms with van der Waals surface area (Å²) in [6.45, 7) is 6.53. The van der Waals surface area contributed by atoms with Gasteiger partial charge in [0, 0.05) is 12.6 Å². The number of nitrogens with zero attached hydrogens (tertiary/aromatic N) is 1. The molecule has 90 valence electrons. The van der Waals surface area contributed by atoms with Gasteiger partial charge in [-0.05, 0) is 47.9 Å². The Morgan fingerprint density at radius 2 is 2.50 bits per heavy atom. The van der Waals surface area contributed by atoms with E-state index in [1.165, 1.54) is 12.8 Å². The van der Waals surface area contributed by atoms with Crippen LogP contribution in [0.25, 0.3) is 0 Å². The van der Waals surface area contributed by atoms with E-state index in [4.69, 9.17) is 4.42 Å². The van der Waals surface area contributed by atoms with E-state index in [1.54, 1.807) is 6.26 Å². The van der Waals surface area contributed by atoms with Crippen LogP contribution in [0.2, 0.25) is 0 Å². The molecule has 1 aromatic heterocycles. The number of hydrogen-bond donors (Lipinski definition) is 1. The minimum absolute atomic E-state index is 0.664. The maximum atomic E-state index is 5.49. The molecule has 1 atom stereocenters. The van der Waals surface area contributed by atoms with Crippen molar-refractivity contribution in [1.82, 2.24) is 10.2 Å². The summed E-state index contributed by atoms with van der Waals surface area (Å²) < 4.78 is 6.57. The lowest BCUT2D eigenvalue weighted by atomic mass is 10.2. The van der Waals surface area contributed by atoms with E-state index >= 15 is 0 Å². The minimum Gasteiger partial charge on any atom is -0.467 e. The molecular weight excluding hydrogens is 268 g/mol. The highest BCUT2D eigenvalue weighted by Gasteiger charge is 2.23. The van der Waals surface area contributed by atoms with E-state index in [0.29, 0.717) is 6.04 Å². The van der Waals surface area contributed by atoms with Gasteiger partial charge in [-0.15, -0.1) is 0 Å². The average Bonchev–Trinajstić information content (AvgIpc) is 2.90. The van der Waals surface area contributed by atoms with Crippen molar-refractivity contribution in [3.8, 4) is 0 Å². The fourth-order valence-corrected chi connectivity index (χ4v) is 2.58. The molecule has 0 aliphatic carbocycles. The molecule has 0 radical (unpaired) electrons. The molecule has 1 saturated heterocycles. The van der Waals surface area contributed by atoms with E-state index in [2.05, 4.69) is 33.1 Å². The molecule has 1 aliphatic heterocycles. The van der Waals surface area contributed by atoms with Crippen molar-refractivity contribution in [3.63, 3.8) is 0 Å². The summed E-state index contributed by atoms with van der Waals surface area (Å²) in [5, 5.41) is 3.42. The number of hydrogen-bond acceptors (Lipinski definition) is 3. The van der Waals surface area contributed by atoms with Crippen LogP contribution in [0.1, 0.15) is 25.5 Å². The fourth-order valence-electron chi connectivity index (χ4n) is 2.25. The van der Waals surface area contributed by atoms with Crippen molar-refractivity contribution in [2.45, 2.75) is 32.4 Å². The maximum absolute atomic E-state index is 5.49. The Kier molecular flexibility index (Phi) is 4.44. The summed E-state index contributed by atoms with van der Waals surface area (Å²) in [5.41, 5.74) is 0. The second kappa shape index (κ2) is 5.84. The zero-order valence-corrected chi connectivity index (χ0v) is 11.3. The van der Waals surface area contributed by atoms with Gasteiger partial charge in [0.25, 0.3) is 0 Å². The minimum atomic E-state index is 0.664. The standard InChI is InChI=1S/C12H19BrN2O/c1-2-6-15(10-3-5-14-8-10)9-12-11(13)4-7-16-12/h4,7,10,14H,2-3,5-6,8-9H2,1H3. The molecule has 1 aromatic rings. The van der Waals surface area contributed by atoms with Gasteiger partial charge in [-0.3, -0.25) is 4.90 Å². The van der Waals surface area contributed by atoms with Crippen LogP contribution in [0.4, 0.5) is 0 Å². The molecule has 0 aromatic carbocycles. The molecule has 1 fully saturated rings. The Bertz CT molecular complexity index is 321. The van der Waals surface area contributed by atoms with Gasteiger partial charge in [-0.25, -0.2) is 0 Å². The molecule has 1 unspecified atom stereocenters. The smallest absolute Gasteiger partial charge is 0.131 e. The molecule has 1 N–H and O–H groups in total. The van der Waals surface area contributed by atoms with Crippen molar-refractivity contribution in [3.05, 3.63) is 22.6 Å². The first kappa shape index (κ1) is 12.1.